The van der Waals surface area contributed by atoms with E-state index in [1.165, 1.54) is 0 Å². The highest BCUT2D eigenvalue weighted by Gasteiger charge is 2.24. The molecule has 6 nitrogen and oxygen atoms in total. The molecule has 2 aromatic carbocycles. The molecular formula is C21H26N2O4. The number of carbonyl (C=O) groups is 2. The average Bonchev–Trinajstić information content (AvgIpc) is 2.66. The van der Waals surface area contributed by atoms with Crippen molar-refractivity contribution in [1.29, 1.82) is 0 Å². The van der Waals surface area contributed by atoms with Crippen LogP contribution in [0.2, 0.25) is 0 Å². The van der Waals surface area contributed by atoms with Crippen molar-refractivity contribution in [2.75, 3.05) is 11.9 Å². The van der Waals surface area contributed by atoms with E-state index in [0.29, 0.717) is 18.0 Å². The van der Waals surface area contributed by atoms with Crippen LogP contribution in [0, 0.1) is 5.92 Å². The second-order valence-corrected chi connectivity index (χ2v) is 6.37. The lowest BCUT2D eigenvalue weighted by molar-refractivity contribution is -0.119. The van der Waals surface area contributed by atoms with Gasteiger partial charge in [-0.2, -0.15) is 0 Å². The first-order chi connectivity index (χ1) is 13.0. The van der Waals surface area contributed by atoms with Gasteiger partial charge in [-0.3, -0.25) is 4.79 Å². The quantitative estimate of drug-likeness (QED) is 0.737. The summed E-state index contributed by atoms with van der Waals surface area (Å²) in [6.07, 6.45) is -0.601. The lowest BCUT2D eigenvalue weighted by Gasteiger charge is -2.21. The van der Waals surface area contributed by atoms with Gasteiger partial charge in [0.1, 0.15) is 18.4 Å². The Morgan fingerprint density at radius 3 is 2.26 bits per heavy atom. The number of anilines is 1. The van der Waals surface area contributed by atoms with E-state index in [0.717, 1.165) is 5.56 Å². The molecule has 2 rings (SSSR count). The van der Waals surface area contributed by atoms with Crippen molar-refractivity contribution in [2.45, 2.75) is 33.4 Å². The van der Waals surface area contributed by atoms with Crippen LogP contribution >= 0.6 is 0 Å². The molecule has 0 aromatic heterocycles. The van der Waals surface area contributed by atoms with Crippen molar-refractivity contribution >= 4 is 17.7 Å². The number of amides is 2. The molecule has 1 atom stereocenters. The average molecular weight is 370 g/mol. The van der Waals surface area contributed by atoms with Crippen LogP contribution in [0.3, 0.4) is 0 Å². The van der Waals surface area contributed by atoms with E-state index < -0.39 is 12.1 Å². The minimum atomic E-state index is -0.682. The Morgan fingerprint density at radius 2 is 1.67 bits per heavy atom. The van der Waals surface area contributed by atoms with Crippen LogP contribution in [0.5, 0.6) is 5.75 Å². The summed E-state index contributed by atoms with van der Waals surface area (Å²) in [5, 5.41) is 5.40. The molecule has 2 aromatic rings. The molecule has 0 saturated carbocycles. The molecule has 0 bridgehead atoms. The summed E-state index contributed by atoms with van der Waals surface area (Å²) >= 11 is 0. The van der Waals surface area contributed by atoms with Crippen molar-refractivity contribution in [2.24, 2.45) is 5.92 Å². The number of hydrogen-bond acceptors (Lipinski definition) is 4. The highest BCUT2D eigenvalue weighted by atomic mass is 16.5. The second-order valence-electron chi connectivity index (χ2n) is 6.37. The van der Waals surface area contributed by atoms with E-state index >= 15 is 0 Å². The highest BCUT2D eigenvalue weighted by molar-refractivity contribution is 5.96. The maximum Gasteiger partial charge on any atom is 0.407 e. The van der Waals surface area contributed by atoms with E-state index in [4.69, 9.17) is 9.47 Å². The second kappa shape index (κ2) is 10.2. The molecule has 6 heteroatoms. The number of nitrogens with one attached hydrogen (secondary N) is 2. The smallest absolute Gasteiger partial charge is 0.407 e. The van der Waals surface area contributed by atoms with Gasteiger partial charge in [0.05, 0.1) is 6.61 Å². The third-order valence-electron chi connectivity index (χ3n) is 3.87. The monoisotopic (exact) mass is 370 g/mol. The fourth-order valence-electron chi connectivity index (χ4n) is 2.43. The highest BCUT2D eigenvalue weighted by Crippen LogP contribution is 2.18. The largest absolute Gasteiger partial charge is 0.489 e. The SMILES string of the molecule is CCOC(=O)NC(C(=O)Nc1ccc(OCc2ccccc2)cc1)C(C)C. The third-order valence-corrected chi connectivity index (χ3v) is 3.87. The summed E-state index contributed by atoms with van der Waals surface area (Å²) in [5.74, 6) is 0.334. The van der Waals surface area contributed by atoms with Crippen LogP contribution in [0.4, 0.5) is 10.5 Å². The first kappa shape index (κ1) is 20.3. The molecule has 0 fully saturated rings. The predicted octanol–water partition coefficient (Wildman–Crippen LogP) is 3.97. The number of alkyl carbamates (subject to hydrolysis) is 1. The third kappa shape index (κ3) is 6.66. The number of ether oxygens (including phenoxy) is 2. The number of hydrogen-bond donors (Lipinski definition) is 2. The van der Waals surface area contributed by atoms with Crippen LogP contribution in [0.1, 0.15) is 26.3 Å². The molecule has 0 aliphatic rings. The van der Waals surface area contributed by atoms with E-state index in [1.54, 1.807) is 31.2 Å². The molecule has 0 aliphatic carbocycles. The Kier molecular flexibility index (Phi) is 7.67. The van der Waals surface area contributed by atoms with Gasteiger partial charge >= 0.3 is 6.09 Å². The van der Waals surface area contributed by atoms with Crippen molar-refractivity contribution in [3.05, 3.63) is 60.2 Å². The van der Waals surface area contributed by atoms with Crippen molar-refractivity contribution in [3.63, 3.8) is 0 Å². The molecule has 144 valence electrons. The summed E-state index contributed by atoms with van der Waals surface area (Å²) in [6.45, 7) is 6.16. The molecule has 0 aliphatic heterocycles. The molecule has 0 spiro atoms. The normalized spacial score (nSPS) is 11.6. The lowest BCUT2D eigenvalue weighted by Crippen LogP contribution is -2.47. The fourth-order valence-corrected chi connectivity index (χ4v) is 2.43. The molecule has 1 unspecified atom stereocenters. The first-order valence-corrected chi connectivity index (χ1v) is 9.00. The number of benzene rings is 2. The Morgan fingerprint density at radius 1 is 1.00 bits per heavy atom. The Bertz CT molecular complexity index is 730. The Labute approximate surface area is 159 Å². The van der Waals surface area contributed by atoms with Crippen molar-refractivity contribution in [1.82, 2.24) is 5.32 Å². The van der Waals surface area contributed by atoms with E-state index in [9.17, 15) is 9.59 Å². The molecular weight excluding hydrogens is 344 g/mol. The molecule has 27 heavy (non-hydrogen) atoms. The summed E-state index contributed by atoms with van der Waals surface area (Å²) in [7, 11) is 0. The molecule has 0 radical (unpaired) electrons. The predicted molar refractivity (Wildman–Crippen MR) is 105 cm³/mol. The van der Waals surface area contributed by atoms with Gasteiger partial charge in [-0.15, -0.1) is 0 Å². The summed E-state index contributed by atoms with van der Waals surface area (Å²) in [5.41, 5.74) is 1.71. The summed E-state index contributed by atoms with van der Waals surface area (Å²) in [4.78, 5) is 24.1. The fraction of sp³-hybridized carbons (Fsp3) is 0.333. The molecule has 2 amide bonds. The lowest BCUT2D eigenvalue weighted by atomic mass is 10.0. The Hall–Kier alpha value is -3.02. The van der Waals surface area contributed by atoms with Gasteiger partial charge < -0.3 is 20.1 Å². The van der Waals surface area contributed by atoms with E-state index in [-0.39, 0.29) is 18.4 Å². The first-order valence-electron chi connectivity index (χ1n) is 9.00. The summed E-state index contributed by atoms with van der Waals surface area (Å²) < 4.78 is 10.6. The maximum absolute atomic E-state index is 12.5. The van der Waals surface area contributed by atoms with E-state index in [1.807, 2.05) is 44.2 Å². The number of rotatable bonds is 8. The van der Waals surface area contributed by atoms with E-state index in [2.05, 4.69) is 10.6 Å². The molecule has 0 heterocycles. The maximum atomic E-state index is 12.5. The summed E-state index contributed by atoms with van der Waals surface area (Å²) in [6, 6.07) is 16.3. The zero-order valence-electron chi connectivity index (χ0n) is 15.9. The van der Waals surface area contributed by atoms with Gasteiger partial charge in [-0.1, -0.05) is 44.2 Å². The molecule has 2 N–H and O–H groups in total. The van der Waals surface area contributed by atoms with Gasteiger partial charge in [0.15, 0.2) is 0 Å². The standard InChI is InChI=1S/C21H26N2O4/c1-4-26-21(25)23-19(15(2)3)20(24)22-17-10-12-18(13-11-17)27-14-16-8-6-5-7-9-16/h5-13,15,19H,4,14H2,1-3H3,(H,22,24)(H,23,25). The van der Waals surface area contributed by atoms with Crippen LogP contribution in [-0.2, 0) is 16.1 Å². The topological polar surface area (TPSA) is 76.7 Å². The minimum Gasteiger partial charge on any atom is -0.489 e. The van der Waals surface area contributed by atoms with Crippen LogP contribution < -0.4 is 15.4 Å². The van der Waals surface area contributed by atoms with Crippen LogP contribution in [0.15, 0.2) is 54.6 Å². The van der Waals surface area contributed by atoms with Gasteiger partial charge in [-0.05, 0) is 42.7 Å². The van der Waals surface area contributed by atoms with Crippen LogP contribution in [0.25, 0.3) is 0 Å². The zero-order valence-corrected chi connectivity index (χ0v) is 15.9. The Balaban J connectivity index is 1.91. The van der Waals surface area contributed by atoms with Gasteiger partial charge in [-0.25, -0.2) is 4.79 Å². The van der Waals surface area contributed by atoms with Crippen LogP contribution in [-0.4, -0.2) is 24.6 Å². The van der Waals surface area contributed by atoms with Gasteiger partial charge in [0.2, 0.25) is 5.91 Å². The van der Waals surface area contributed by atoms with Gasteiger partial charge in [0.25, 0.3) is 0 Å². The minimum absolute atomic E-state index is 0.0807. The van der Waals surface area contributed by atoms with Crippen molar-refractivity contribution in [3.8, 4) is 5.75 Å². The van der Waals surface area contributed by atoms with Crippen molar-refractivity contribution < 1.29 is 19.1 Å². The number of carbonyl (C=O) groups excluding carboxylic acids is 2. The zero-order chi connectivity index (χ0) is 19.6. The van der Waals surface area contributed by atoms with Gasteiger partial charge in [0, 0.05) is 5.69 Å². The molecule has 0 saturated heterocycles.